The standard InChI is InChI=1S/C13H8F2O3/c14-10-6-9(13(17)18)11(15)5-8(10)7-3-1-2-4-12(7)16/h1-6,16H,(H,17,18). The highest BCUT2D eigenvalue weighted by molar-refractivity contribution is 5.89. The van der Waals surface area contributed by atoms with Crippen molar-refractivity contribution < 1.29 is 23.8 Å². The van der Waals surface area contributed by atoms with Gasteiger partial charge in [-0.15, -0.1) is 0 Å². The van der Waals surface area contributed by atoms with Crippen LogP contribution in [0.3, 0.4) is 0 Å². The molecule has 0 aromatic heterocycles. The summed E-state index contributed by atoms with van der Waals surface area (Å²) in [5.74, 6) is -3.72. The Hall–Kier alpha value is -2.43. The van der Waals surface area contributed by atoms with Crippen LogP contribution >= 0.6 is 0 Å². The molecule has 2 N–H and O–H groups in total. The summed E-state index contributed by atoms with van der Waals surface area (Å²) in [4.78, 5) is 10.6. The van der Waals surface area contributed by atoms with Gasteiger partial charge in [-0.1, -0.05) is 18.2 Å². The van der Waals surface area contributed by atoms with Gasteiger partial charge in [0.25, 0.3) is 0 Å². The Morgan fingerprint density at radius 2 is 1.67 bits per heavy atom. The Kier molecular flexibility index (Phi) is 2.97. The summed E-state index contributed by atoms with van der Waals surface area (Å²) >= 11 is 0. The number of halogens is 2. The molecule has 0 aliphatic heterocycles. The first-order chi connectivity index (χ1) is 8.50. The van der Waals surface area contributed by atoms with Gasteiger partial charge in [-0.25, -0.2) is 13.6 Å². The lowest BCUT2D eigenvalue weighted by atomic mass is 10.0. The number of phenols is 1. The van der Waals surface area contributed by atoms with Gasteiger partial charge in [-0.3, -0.25) is 0 Å². The van der Waals surface area contributed by atoms with Crippen LogP contribution in [-0.4, -0.2) is 16.2 Å². The number of aromatic carboxylic acids is 1. The summed E-state index contributed by atoms with van der Waals surface area (Å²) in [5.41, 5.74) is -0.826. The topological polar surface area (TPSA) is 57.5 Å². The normalized spacial score (nSPS) is 10.3. The van der Waals surface area contributed by atoms with Gasteiger partial charge in [-0.05, 0) is 18.2 Å². The van der Waals surface area contributed by atoms with Crippen LogP contribution in [0.1, 0.15) is 10.4 Å². The van der Waals surface area contributed by atoms with E-state index in [9.17, 15) is 18.7 Å². The molecule has 3 nitrogen and oxygen atoms in total. The maximum absolute atomic E-state index is 13.7. The van der Waals surface area contributed by atoms with Crippen molar-refractivity contribution >= 4 is 5.97 Å². The minimum Gasteiger partial charge on any atom is -0.507 e. The number of rotatable bonds is 2. The van der Waals surface area contributed by atoms with E-state index >= 15 is 0 Å². The molecule has 0 saturated carbocycles. The summed E-state index contributed by atoms with van der Waals surface area (Å²) in [6, 6.07) is 7.19. The maximum atomic E-state index is 13.7. The highest BCUT2D eigenvalue weighted by atomic mass is 19.1. The lowest BCUT2D eigenvalue weighted by Gasteiger charge is -2.07. The third-order valence-corrected chi connectivity index (χ3v) is 2.48. The summed E-state index contributed by atoms with van der Waals surface area (Å²) in [7, 11) is 0. The van der Waals surface area contributed by atoms with Gasteiger partial charge in [0, 0.05) is 11.1 Å². The van der Waals surface area contributed by atoms with Crippen molar-refractivity contribution in [2.24, 2.45) is 0 Å². The van der Waals surface area contributed by atoms with Gasteiger partial charge < -0.3 is 10.2 Å². The van der Waals surface area contributed by atoms with Crippen molar-refractivity contribution in [1.29, 1.82) is 0 Å². The Morgan fingerprint density at radius 3 is 2.28 bits per heavy atom. The highest BCUT2D eigenvalue weighted by Gasteiger charge is 2.17. The largest absolute Gasteiger partial charge is 0.507 e. The number of para-hydroxylation sites is 1. The molecule has 0 unspecified atom stereocenters. The molecule has 2 aromatic carbocycles. The molecule has 0 atom stereocenters. The number of benzene rings is 2. The first-order valence-electron chi connectivity index (χ1n) is 5.01. The van der Waals surface area contributed by atoms with E-state index in [1.807, 2.05) is 0 Å². The maximum Gasteiger partial charge on any atom is 0.338 e. The Balaban J connectivity index is 2.64. The number of hydrogen-bond donors (Lipinski definition) is 2. The number of aromatic hydroxyl groups is 1. The van der Waals surface area contributed by atoms with Gasteiger partial charge in [-0.2, -0.15) is 0 Å². The minimum absolute atomic E-state index is 0.103. The average molecular weight is 250 g/mol. The lowest BCUT2D eigenvalue weighted by Crippen LogP contribution is -2.02. The summed E-state index contributed by atoms with van der Waals surface area (Å²) in [6.45, 7) is 0. The number of carboxylic acids is 1. The van der Waals surface area contributed by atoms with E-state index in [-0.39, 0.29) is 16.9 Å². The second kappa shape index (κ2) is 4.44. The van der Waals surface area contributed by atoms with E-state index in [0.717, 1.165) is 6.07 Å². The third kappa shape index (κ3) is 2.02. The van der Waals surface area contributed by atoms with Crippen LogP contribution < -0.4 is 0 Å². The molecule has 5 heteroatoms. The zero-order chi connectivity index (χ0) is 13.3. The molecule has 0 aliphatic carbocycles. The average Bonchev–Trinajstić information content (AvgIpc) is 2.32. The van der Waals surface area contributed by atoms with Crippen LogP contribution in [0.25, 0.3) is 11.1 Å². The van der Waals surface area contributed by atoms with E-state index in [1.165, 1.54) is 12.1 Å². The van der Waals surface area contributed by atoms with E-state index < -0.39 is 23.2 Å². The molecule has 0 bridgehead atoms. The van der Waals surface area contributed by atoms with E-state index in [1.54, 1.807) is 12.1 Å². The van der Waals surface area contributed by atoms with Crippen LogP contribution in [0.2, 0.25) is 0 Å². The van der Waals surface area contributed by atoms with Crippen LogP contribution in [0, 0.1) is 11.6 Å². The number of hydrogen-bond acceptors (Lipinski definition) is 2. The molecular formula is C13H8F2O3. The van der Waals surface area contributed by atoms with Crippen molar-refractivity contribution in [2.75, 3.05) is 0 Å². The van der Waals surface area contributed by atoms with Crippen molar-refractivity contribution in [3.63, 3.8) is 0 Å². The molecule has 2 rings (SSSR count). The smallest absolute Gasteiger partial charge is 0.338 e. The summed E-state index contributed by atoms with van der Waals surface area (Å²) in [5, 5.41) is 18.2. The first kappa shape index (κ1) is 12.0. The van der Waals surface area contributed by atoms with Crippen molar-refractivity contribution in [3.05, 3.63) is 53.6 Å². The fourth-order valence-electron chi connectivity index (χ4n) is 1.62. The molecule has 0 heterocycles. The van der Waals surface area contributed by atoms with Crippen molar-refractivity contribution in [2.45, 2.75) is 0 Å². The van der Waals surface area contributed by atoms with Crippen molar-refractivity contribution in [1.82, 2.24) is 0 Å². The minimum atomic E-state index is -1.55. The van der Waals surface area contributed by atoms with Gasteiger partial charge in [0.2, 0.25) is 0 Å². The molecule has 0 amide bonds. The van der Waals surface area contributed by atoms with E-state index in [0.29, 0.717) is 6.07 Å². The second-order valence-electron chi connectivity index (χ2n) is 3.63. The predicted octanol–water partition coefficient (Wildman–Crippen LogP) is 3.04. The molecule has 0 radical (unpaired) electrons. The predicted molar refractivity (Wildman–Crippen MR) is 60.4 cm³/mol. The fraction of sp³-hybridized carbons (Fsp3) is 0. The molecule has 0 fully saturated rings. The number of phenolic OH excluding ortho intramolecular Hbond substituents is 1. The van der Waals surface area contributed by atoms with Gasteiger partial charge in [0.05, 0.1) is 5.56 Å². The highest BCUT2D eigenvalue weighted by Crippen LogP contribution is 2.32. The Bertz CT molecular complexity index is 624. The van der Waals surface area contributed by atoms with Gasteiger partial charge >= 0.3 is 5.97 Å². The molecule has 0 aliphatic rings. The van der Waals surface area contributed by atoms with E-state index in [4.69, 9.17) is 5.11 Å². The second-order valence-corrected chi connectivity index (χ2v) is 3.63. The molecule has 18 heavy (non-hydrogen) atoms. The third-order valence-electron chi connectivity index (χ3n) is 2.48. The molecule has 2 aromatic rings. The molecule has 92 valence electrons. The lowest BCUT2D eigenvalue weighted by molar-refractivity contribution is 0.0691. The van der Waals surface area contributed by atoms with Crippen LogP contribution in [0.4, 0.5) is 8.78 Å². The van der Waals surface area contributed by atoms with Crippen LogP contribution in [-0.2, 0) is 0 Å². The SMILES string of the molecule is O=C(O)c1cc(F)c(-c2ccccc2O)cc1F. The zero-order valence-electron chi connectivity index (χ0n) is 9.02. The molecule has 0 saturated heterocycles. The monoisotopic (exact) mass is 250 g/mol. The summed E-state index contributed by atoms with van der Waals surface area (Å²) < 4.78 is 27.2. The number of carboxylic acid groups (broad SMARTS) is 1. The van der Waals surface area contributed by atoms with Gasteiger partial charge in [0.15, 0.2) is 0 Å². The van der Waals surface area contributed by atoms with Crippen molar-refractivity contribution in [3.8, 4) is 16.9 Å². The molecule has 0 spiro atoms. The fourth-order valence-corrected chi connectivity index (χ4v) is 1.62. The van der Waals surface area contributed by atoms with Crippen LogP contribution in [0.5, 0.6) is 5.75 Å². The first-order valence-corrected chi connectivity index (χ1v) is 5.01. The molecular weight excluding hydrogens is 242 g/mol. The summed E-state index contributed by atoms with van der Waals surface area (Å²) in [6.07, 6.45) is 0. The van der Waals surface area contributed by atoms with E-state index in [2.05, 4.69) is 0 Å². The van der Waals surface area contributed by atoms with Gasteiger partial charge in [0.1, 0.15) is 17.4 Å². The zero-order valence-corrected chi connectivity index (χ0v) is 9.02. The quantitative estimate of drug-likeness (QED) is 0.861. The number of carbonyl (C=O) groups is 1. The van der Waals surface area contributed by atoms with Crippen LogP contribution in [0.15, 0.2) is 36.4 Å². The Morgan fingerprint density at radius 1 is 1.00 bits per heavy atom. The Labute approximate surface area is 101 Å².